The molecule has 25 heavy (non-hydrogen) atoms. The fourth-order valence-corrected chi connectivity index (χ4v) is 3.28. The van der Waals surface area contributed by atoms with Gasteiger partial charge in [0.2, 0.25) is 0 Å². The number of fused-ring (bicyclic) bond motifs is 1. The van der Waals surface area contributed by atoms with Crippen molar-refractivity contribution >= 4 is 28.3 Å². The zero-order valence-corrected chi connectivity index (χ0v) is 14.8. The van der Waals surface area contributed by atoms with E-state index in [9.17, 15) is 9.90 Å². The molecule has 0 bridgehead atoms. The number of anilines is 2. The zero-order chi connectivity index (χ0) is 18.4. The predicted octanol–water partition coefficient (Wildman–Crippen LogP) is 4.11. The van der Waals surface area contributed by atoms with Crippen LogP contribution >= 0.6 is 0 Å². The van der Waals surface area contributed by atoms with Crippen LogP contribution in [0.1, 0.15) is 41.1 Å². The molecule has 3 rings (SSSR count). The normalized spacial score (nSPS) is 11.7. The molecule has 2 aromatic carbocycles. The Kier molecular flexibility index (Phi) is 4.05. The van der Waals surface area contributed by atoms with E-state index in [4.69, 9.17) is 10.2 Å². The highest BCUT2D eigenvalue weighted by atomic mass is 16.3. The minimum Gasteiger partial charge on any atom is -0.459 e. The van der Waals surface area contributed by atoms with Crippen molar-refractivity contribution in [3.8, 4) is 0 Å². The highest BCUT2D eigenvalue weighted by molar-refractivity contribution is 6.11. The number of hydrogen-bond donors (Lipinski definition) is 3. The number of aryl methyl sites for hydroxylation is 2. The van der Waals surface area contributed by atoms with Crippen molar-refractivity contribution in [2.75, 3.05) is 11.1 Å². The molecule has 0 fully saturated rings. The Balaban J connectivity index is 2.07. The van der Waals surface area contributed by atoms with E-state index in [2.05, 4.69) is 5.32 Å². The van der Waals surface area contributed by atoms with E-state index in [0.29, 0.717) is 33.8 Å². The molecule has 4 N–H and O–H groups in total. The highest BCUT2D eigenvalue weighted by Crippen LogP contribution is 2.37. The van der Waals surface area contributed by atoms with Crippen LogP contribution in [0.25, 0.3) is 11.0 Å². The second kappa shape index (κ2) is 5.93. The minimum absolute atomic E-state index is 0.290. The van der Waals surface area contributed by atoms with Gasteiger partial charge in [-0.2, -0.15) is 0 Å². The van der Waals surface area contributed by atoms with Gasteiger partial charge in [-0.15, -0.1) is 0 Å². The molecule has 0 saturated carbocycles. The standard InChI is InChI=1S/C20H22N2O3/c1-11-7-5-9-14(21)16(11)19(23)22-15-10-6-8-13-17(20(3,4)24)12(2)25-18(13)15/h5-10,24H,21H2,1-4H3,(H,22,23). The molecule has 0 spiro atoms. The number of rotatable bonds is 3. The van der Waals surface area contributed by atoms with E-state index in [-0.39, 0.29) is 5.91 Å². The first kappa shape index (κ1) is 17.0. The van der Waals surface area contributed by atoms with Crippen LogP contribution in [0.2, 0.25) is 0 Å². The minimum atomic E-state index is -1.04. The fraction of sp³-hybridized carbons (Fsp3) is 0.250. The molecular formula is C20H22N2O3. The van der Waals surface area contributed by atoms with Crippen LogP contribution in [0.3, 0.4) is 0 Å². The molecule has 1 amide bonds. The van der Waals surface area contributed by atoms with E-state index in [0.717, 1.165) is 10.9 Å². The van der Waals surface area contributed by atoms with Crippen molar-refractivity contribution in [2.24, 2.45) is 0 Å². The summed E-state index contributed by atoms with van der Waals surface area (Å²) in [6.07, 6.45) is 0. The lowest BCUT2D eigenvalue weighted by molar-refractivity contribution is 0.0783. The summed E-state index contributed by atoms with van der Waals surface area (Å²) in [4.78, 5) is 12.7. The van der Waals surface area contributed by atoms with Crippen LogP contribution in [0.4, 0.5) is 11.4 Å². The lowest BCUT2D eigenvalue weighted by Gasteiger charge is -2.17. The summed E-state index contributed by atoms with van der Waals surface area (Å²) in [5.41, 5.74) is 8.40. The van der Waals surface area contributed by atoms with Gasteiger partial charge in [0.15, 0.2) is 5.58 Å². The average molecular weight is 338 g/mol. The molecule has 1 aromatic heterocycles. The number of hydrogen-bond acceptors (Lipinski definition) is 4. The molecule has 0 radical (unpaired) electrons. The van der Waals surface area contributed by atoms with Crippen LogP contribution < -0.4 is 11.1 Å². The maximum atomic E-state index is 12.7. The number of para-hydroxylation sites is 1. The largest absolute Gasteiger partial charge is 0.459 e. The second-order valence-corrected chi connectivity index (χ2v) is 6.77. The average Bonchev–Trinajstić information content (AvgIpc) is 2.84. The molecule has 5 heteroatoms. The third kappa shape index (κ3) is 2.98. The number of carbonyl (C=O) groups excluding carboxylic acids is 1. The van der Waals surface area contributed by atoms with Gasteiger partial charge in [0.25, 0.3) is 5.91 Å². The Morgan fingerprint density at radius 3 is 2.48 bits per heavy atom. The molecule has 0 aliphatic rings. The van der Waals surface area contributed by atoms with Crippen LogP contribution in [0.5, 0.6) is 0 Å². The summed E-state index contributed by atoms with van der Waals surface area (Å²) >= 11 is 0. The smallest absolute Gasteiger partial charge is 0.258 e. The Morgan fingerprint density at radius 2 is 1.84 bits per heavy atom. The molecule has 0 unspecified atom stereocenters. The summed E-state index contributed by atoms with van der Waals surface area (Å²) < 4.78 is 5.85. The van der Waals surface area contributed by atoms with Crippen LogP contribution in [-0.4, -0.2) is 11.0 Å². The van der Waals surface area contributed by atoms with Gasteiger partial charge in [-0.3, -0.25) is 4.79 Å². The first-order valence-corrected chi connectivity index (χ1v) is 8.11. The van der Waals surface area contributed by atoms with Gasteiger partial charge in [0.1, 0.15) is 5.76 Å². The number of carbonyl (C=O) groups is 1. The predicted molar refractivity (Wildman–Crippen MR) is 99.7 cm³/mol. The number of benzene rings is 2. The number of furan rings is 1. The quantitative estimate of drug-likeness (QED) is 0.627. The van der Waals surface area contributed by atoms with E-state index in [1.807, 2.05) is 31.2 Å². The van der Waals surface area contributed by atoms with Gasteiger partial charge in [-0.25, -0.2) is 0 Å². The van der Waals surface area contributed by atoms with Crippen LogP contribution in [0.15, 0.2) is 40.8 Å². The monoisotopic (exact) mass is 338 g/mol. The van der Waals surface area contributed by atoms with Crippen LogP contribution in [0, 0.1) is 13.8 Å². The van der Waals surface area contributed by atoms with E-state index >= 15 is 0 Å². The zero-order valence-electron chi connectivity index (χ0n) is 14.8. The third-order valence-corrected chi connectivity index (χ3v) is 4.28. The maximum Gasteiger partial charge on any atom is 0.258 e. The first-order valence-electron chi connectivity index (χ1n) is 8.11. The van der Waals surface area contributed by atoms with Gasteiger partial charge < -0.3 is 20.6 Å². The van der Waals surface area contributed by atoms with Crippen molar-refractivity contribution < 1.29 is 14.3 Å². The SMILES string of the molecule is Cc1cccc(N)c1C(=O)Nc1cccc2c(C(C)(C)O)c(C)oc12. The third-order valence-electron chi connectivity index (χ3n) is 4.28. The van der Waals surface area contributed by atoms with Crippen molar-refractivity contribution in [1.82, 2.24) is 0 Å². The number of amides is 1. The molecule has 0 aliphatic heterocycles. The number of nitrogen functional groups attached to an aromatic ring is 1. The molecular weight excluding hydrogens is 316 g/mol. The molecule has 5 nitrogen and oxygen atoms in total. The van der Waals surface area contributed by atoms with E-state index in [1.54, 1.807) is 32.9 Å². The van der Waals surface area contributed by atoms with Gasteiger partial charge in [-0.05, 0) is 45.4 Å². The van der Waals surface area contributed by atoms with Crippen molar-refractivity contribution in [3.63, 3.8) is 0 Å². The van der Waals surface area contributed by atoms with Crippen molar-refractivity contribution in [2.45, 2.75) is 33.3 Å². The Bertz CT molecular complexity index is 945. The van der Waals surface area contributed by atoms with Gasteiger partial charge in [0, 0.05) is 16.6 Å². The summed E-state index contributed by atoms with van der Waals surface area (Å²) in [5.74, 6) is 0.335. The van der Waals surface area contributed by atoms with Crippen molar-refractivity contribution in [1.29, 1.82) is 0 Å². The van der Waals surface area contributed by atoms with Gasteiger partial charge in [-0.1, -0.05) is 24.3 Å². The van der Waals surface area contributed by atoms with Gasteiger partial charge in [0.05, 0.1) is 16.9 Å². The molecule has 130 valence electrons. The van der Waals surface area contributed by atoms with Crippen molar-refractivity contribution in [3.05, 3.63) is 58.8 Å². The molecule has 0 saturated heterocycles. The Hall–Kier alpha value is -2.79. The second-order valence-electron chi connectivity index (χ2n) is 6.77. The van der Waals surface area contributed by atoms with E-state index in [1.165, 1.54) is 0 Å². The summed E-state index contributed by atoms with van der Waals surface area (Å²) in [5, 5.41) is 14.1. The Morgan fingerprint density at radius 1 is 1.16 bits per heavy atom. The van der Waals surface area contributed by atoms with E-state index < -0.39 is 5.60 Å². The summed E-state index contributed by atoms with van der Waals surface area (Å²) in [6.45, 7) is 7.07. The number of aliphatic hydroxyl groups is 1. The molecule has 0 aliphatic carbocycles. The number of nitrogens with one attached hydrogen (secondary N) is 1. The molecule has 0 atom stereocenters. The summed E-state index contributed by atoms with van der Waals surface area (Å²) in [6, 6.07) is 10.8. The maximum absolute atomic E-state index is 12.7. The highest BCUT2D eigenvalue weighted by Gasteiger charge is 2.26. The first-order chi connectivity index (χ1) is 11.7. The molecule has 3 aromatic rings. The molecule has 1 heterocycles. The lowest BCUT2D eigenvalue weighted by atomic mass is 9.95. The topological polar surface area (TPSA) is 88.5 Å². The van der Waals surface area contributed by atoms with Gasteiger partial charge >= 0.3 is 0 Å². The fourth-order valence-electron chi connectivity index (χ4n) is 3.28. The summed E-state index contributed by atoms with van der Waals surface area (Å²) in [7, 11) is 0. The number of nitrogens with two attached hydrogens (primary N) is 1. The Labute approximate surface area is 146 Å². The lowest BCUT2D eigenvalue weighted by Crippen LogP contribution is -2.16. The van der Waals surface area contributed by atoms with Crippen LogP contribution in [-0.2, 0) is 5.60 Å².